The predicted octanol–water partition coefficient (Wildman–Crippen LogP) is 0.00538. The Kier molecular flexibility index (Phi) is 6.44. The van der Waals surface area contributed by atoms with Gasteiger partial charge in [-0.05, 0) is 43.4 Å². The number of Topliss-reactive ketones (excluding diaryl/α,β-unsaturated/α-hetero) is 1. The van der Waals surface area contributed by atoms with Crippen LogP contribution in [0, 0.1) is 11.3 Å². The second-order valence-electron chi connectivity index (χ2n) is 10.1. The fourth-order valence-electron chi connectivity index (χ4n) is 5.26. The van der Waals surface area contributed by atoms with E-state index in [1.54, 1.807) is 19.2 Å². The van der Waals surface area contributed by atoms with Crippen molar-refractivity contribution in [3.05, 3.63) is 52.3 Å². The summed E-state index contributed by atoms with van der Waals surface area (Å²) in [5.41, 5.74) is 2.63. The zero-order valence-electron chi connectivity index (χ0n) is 20.5. The molecule has 0 bridgehead atoms. The topological polar surface area (TPSA) is 157 Å². The second-order valence-corrected chi connectivity index (χ2v) is 12.5. The highest BCUT2D eigenvalue weighted by molar-refractivity contribution is 7.90. The van der Waals surface area contributed by atoms with Crippen molar-refractivity contribution in [1.29, 1.82) is 5.26 Å². The van der Waals surface area contributed by atoms with Gasteiger partial charge < -0.3 is 15.1 Å². The Morgan fingerprint density at radius 3 is 2.43 bits per heavy atom. The first kappa shape index (κ1) is 25.5. The quantitative estimate of drug-likeness (QED) is 0.455. The standard InChI is InChI=1S/C25H29N5O6S/c1-28-23-18(22(27-28)19(31)7-6-16-2-4-17(12-26)5-3-16)8-11-29(24(23)34)15-25(9-10-25)37(35,36)30-13-20(32)21(33)14-30/h2-5,20-21,32-33H,6-11,13-15H2,1H3/t20-,21-/m0/s1. The van der Waals surface area contributed by atoms with Crippen molar-refractivity contribution in [2.45, 2.75) is 49.1 Å². The molecule has 3 aliphatic rings. The molecule has 0 unspecified atom stereocenters. The van der Waals surface area contributed by atoms with Crippen molar-refractivity contribution in [3.8, 4) is 6.07 Å². The van der Waals surface area contributed by atoms with Gasteiger partial charge in [0.25, 0.3) is 5.91 Å². The average molecular weight is 528 g/mol. The molecule has 1 saturated heterocycles. The van der Waals surface area contributed by atoms with E-state index < -0.39 is 27.0 Å². The minimum Gasteiger partial charge on any atom is -0.389 e. The lowest BCUT2D eigenvalue weighted by molar-refractivity contribution is 0.0572. The number of aromatic nitrogens is 2. The first-order valence-electron chi connectivity index (χ1n) is 12.3. The molecule has 11 nitrogen and oxygen atoms in total. The van der Waals surface area contributed by atoms with E-state index in [0.29, 0.717) is 42.5 Å². The van der Waals surface area contributed by atoms with Crippen LogP contribution in [0.25, 0.3) is 0 Å². The van der Waals surface area contributed by atoms with Crippen molar-refractivity contribution < 1.29 is 28.2 Å². The van der Waals surface area contributed by atoms with Crippen LogP contribution in [0.2, 0.25) is 0 Å². The van der Waals surface area contributed by atoms with Crippen LogP contribution in [0.4, 0.5) is 0 Å². The summed E-state index contributed by atoms with van der Waals surface area (Å²) in [6, 6.07) is 9.10. The highest BCUT2D eigenvalue weighted by Crippen LogP contribution is 2.47. The van der Waals surface area contributed by atoms with Crippen LogP contribution < -0.4 is 0 Å². The fourth-order valence-corrected chi connectivity index (χ4v) is 7.44. The van der Waals surface area contributed by atoms with E-state index in [1.807, 2.05) is 12.1 Å². The molecule has 2 aliphatic heterocycles. The van der Waals surface area contributed by atoms with Gasteiger partial charge >= 0.3 is 0 Å². The maximum absolute atomic E-state index is 13.4. The van der Waals surface area contributed by atoms with Crippen molar-refractivity contribution in [1.82, 2.24) is 19.0 Å². The summed E-state index contributed by atoms with van der Waals surface area (Å²) in [4.78, 5) is 27.9. The molecule has 2 aromatic rings. The molecule has 3 heterocycles. The minimum atomic E-state index is -3.82. The number of amides is 1. The molecule has 196 valence electrons. The van der Waals surface area contributed by atoms with Crippen molar-refractivity contribution in [2.24, 2.45) is 7.05 Å². The van der Waals surface area contributed by atoms with E-state index in [9.17, 15) is 28.2 Å². The normalized spacial score (nSPS) is 23.1. The molecule has 2 N–H and O–H groups in total. The molecular formula is C25H29N5O6S. The van der Waals surface area contributed by atoms with Crippen LogP contribution >= 0.6 is 0 Å². The molecular weight excluding hydrogens is 498 g/mol. The van der Waals surface area contributed by atoms with Crippen LogP contribution in [-0.4, -0.2) is 92.4 Å². The van der Waals surface area contributed by atoms with E-state index >= 15 is 0 Å². The Balaban J connectivity index is 1.29. The van der Waals surface area contributed by atoms with Gasteiger partial charge in [-0.25, -0.2) is 8.42 Å². The summed E-state index contributed by atoms with van der Waals surface area (Å²) in [5.74, 6) is -0.528. The number of ketones is 1. The van der Waals surface area contributed by atoms with E-state index in [1.165, 1.54) is 9.58 Å². The Bertz CT molecular complexity index is 1380. The monoisotopic (exact) mass is 527 g/mol. The largest absolute Gasteiger partial charge is 0.389 e. The Morgan fingerprint density at radius 1 is 1.19 bits per heavy atom. The Labute approximate surface area is 215 Å². The van der Waals surface area contributed by atoms with Crippen LogP contribution in [-0.2, 0) is 29.9 Å². The molecule has 0 spiro atoms. The summed E-state index contributed by atoms with van der Waals surface area (Å²) < 4.78 is 28.0. The van der Waals surface area contributed by atoms with Gasteiger partial charge in [-0.3, -0.25) is 14.3 Å². The van der Waals surface area contributed by atoms with Crippen LogP contribution in [0.15, 0.2) is 24.3 Å². The molecule has 0 radical (unpaired) electrons. The van der Waals surface area contributed by atoms with Gasteiger partial charge in [-0.15, -0.1) is 0 Å². The molecule has 1 amide bonds. The van der Waals surface area contributed by atoms with Gasteiger partial charge in [0.05, 0.1) is 23.8 Å². The number of hydrogen-bond donors (Lipinski definition) is 2. The zero-order valence-corrected chi connectivity index (χ0v) is 21.3. The third-order valence-electron chi connectivity index (χ3n) is 7.65. The summed E-state index contributed by atoms with van der Waals surface area (Å²) >= 11 is 0. The van der Waals surface area contributed by atoms with Crippen LogP contribution in [0.1, 0.15) is 56.9 Å². The smallest absolute Gasteiger partial charge is 0.272 e. The molecule has 37 heavy (non-hydrogen) atoms. The molecule has 1 saturated carbocycles. The molecule has 1 aromatic carbocycles. The third kappa shape index (κ3) is 4.46. The lowest BCUT2D eigenvalue weighted by Crippen LogP contribution is -2.49. The fraction of sp³-hybridized carbons (Fsp3) is 0.520. The van der Waals surface area contributed by atoms with Gasteiger partial charge in [0.15, 0.2) is 5.78 Å². The molecule has 12 heteroatoms. The molecule has 5 rings (SSSR count). The number of carbonyl (C=O) groups is 2. The maximum Gasteiger partial charge on any atom is 0.272 e. The zero-order chi connectivity index (χ0) is 26.5. The molecule has 2 fully saturated rings. The lowest BCUT2D eigenvalue weighted by Gasteiger charge is -2.32. The summed E-state index contributed by atoms with van der Waals surface area (Å²) in [6.45, 7) is -0.0164. The Hall–Kier alpha value is -3.11. The second kappa shape index (κ2) is 9.33. The van der Waals surface area contributed by atoms with E-state index in [4.69, 9.17) is 5.26 Å². The highest BCUT2D eigenvalue weighted by Gasteiger charge is 2.59. The SMILES string of the molecule is Cn1nc(C(=O)CCc2ccc(C#N)cc2)c2c1C(=O)N(CC1(S(=O)(=O)N3C[C@H](O)[C@@H](O)C3)CC1)CC2. The molecule has 1 aromatic heterocycles. The average Bonchev–Trinajstić information content (AvgIpc) is 3.49. The number of rotatable bonds is 8. The number of benzene rings is 1. The number of nitrogens with zero attached hydrogens (tertiary/aromatic N) is 5. The van der Waals surface area contributed by atoms with Gasteiger partial charge in [0.1, 0.15) is 16.1 Å². The van der Waals surface area contributed by atoms with Gasteiger partial charge in [-0.2, -0.15) is 14.7 Å². The first-order chi connectivity index (χ1) is 17.6. The summed E-state index contributed by atoms with van der Waals surface area (Å²) in [7, 11) is -2.22. The molecule has 2 atom stereocenters. The van der Waals surface area contributed by atoms with E-state index in [-0.39, 0.29) is 50.0 Å². The van der Waals surface area contributed by atoms with E-state index in [2.05, 4.69) is 11.2 Å². The number of aliphatic hydroxyl groups is 2. The van der Waals surface area contributed by atoms with Gasteiger partial charge in [0, 0.05) is 45.2 Å². The number of nitriles is 1. The van der Waals surface area contributed by atoms with Crippen molar-refractivity contribution >= 4 is 21.7 Å². The number of sulfonamides is 1. The third-order valence-corrected chi connectivity index (χ3v) is 10.3. The van der Waals surface area contributed by atoms with E-state index in [0.717, 1.165) is 9.87 Å². The number of carbonyl (C=O) groups excluding carboxylic acids is 2. The van der Waals surface area contributed by atoms with Crippen LogP contribution in [0.5, 0.6) is 0 Å². The summed E-state index contributed by atoms with van der Waals surface area (Å²) in [5, 5.41) is 32.9. The van der Waals surface area contributed by atoms with Gasteiger partial charge in [-0.1, -0.05) is 12.1 Å². The highest BCUT2D eigenvalue weighted by atomic mass is 32.2. The number of fused-ring (bicyclic) bond motifs is 1. The number of hydrogen-bond acceptors (Lipinski definition) is 8. The summed E-state index contributed by atoms with van der Waals surface area (Å²) in [6.07, 6.45) is -0.347. The van der Waals surface area contributed by atoms with Gasteiger partial charge in [0.2, 0.25) is 10.0 Å². The Morgan fingerprint density at radius 2 is 1.84 bits per heavy atom. The van der Waals surface area contributed by atoms with Crippen molar-refractivity contribution in [2.75, 3.05) is 26.2 Å². The maximum atomic E-state index is 13.4. The number of aryl methyl sites for hydroxylation is 2. The first-order valence-corrected chi connectivity index (χ1v) is 13.7. The lowest BCUT2D eigenvalue weighted by atomic mass is 9.98. The van der Waals surface area contributed by atoms with Crippen LogP contribution in [0.3, 0.4) is 0 Å². The van der Waals surface area contributed by atoms with Crippen molar-refractivity contribution in [3.63, 3.8) is 0 Å². The molecule has 1 aliphatic carbocycles. The predicted molar refractivity (Wildman–Crippen MR) is 131 cm³/mol. The number of aliphatic hydroxyl groups excluding tert-OH is 2. The number of β-amino-alcohol motifs (C(OH)–C–C–N with tert-alkyl or cyclic N) is 2. The minimum absolute atomic E-state index is 0.0173.